The monoisotopic (exact) mass is 332 g/mol. The van der Waals surface area contributed by atoms with Gasteiger partial charge in [-0.3, -0.25) is 24.0 Å². The van der Waals surface area contributed by atoms with Crippen LogP contribution in [0, 0.1) is 0 Å². The Kier molecular flexibility index (Phi) is 4.43. The van der Waals surface area contributed by atoms with Crippen LogP contribution in [0.3, 0.4) is 0 Å². The highest BCUT2D eigenvalue weighted by Crippen LogP contribution is 2.33. The molecular formula is C17H24N4O3. The van der Waals surface area contributed by atoms with E-state index in [-0.39, 0.29) is 30.1 Å². The topological polar surface area (TPSA) is 75.5 Å². The highest BCUT2D eigenvalue weighted by Gasteiger charge is 2.43. The number of nitrogens with zero attached hydrogens (tertiary/aromatic N) is 4. The van der Waals surface area contributed by atoms with Gasteiger partial charge in [-0.2, -0.15) is 5.10 Å². The van der Waals surface area contributed by atoms with Gasteiger partial charge in [-0.1, -0.05) is 6.92 Å². The van der Waals surface area contributed by atoms with E-state index in [2.05, 4.69) is 5.10 Å². The molecule has 1 aromatic rings. The molecule has 0 N–H and O–H groups in total. The Balaban J connectivity index is 1.88. The Bertz CT molecular complexity index is 681. The van der Waals surface area contributed by atoms with Crippen molar-refractivity contribution < 1.29 is 14.4 Å². The molecule has 1 aromatic heterocycles. The number of carbonyl (C=O) groups is 3. The summed E-state index contributed by atoms with van der Waals surface area (Å²) < 4.78 is 1.75. The van der Waals surface area contributed by atoms with Gasteiger partial charge in [-0.05, 0) is 25.7 Å². The van der Waals surface area contributed by atoms with Crippen molar-refractivity contribution in [1.82, 2.24) is 19.6 Å². The molecule has 130 valence electrons. The molecular weight excluding hydrogens is 308 g/mol. The number of aromatic nitrogens is 2. The van der Waals surface area contributed by atoms with E-state index in [0.717, 1.165) is 41.8 Å². The molecule has 0 spiro atoms. The van der Waals surface area contributed by atoms with Gasteiger partial charge in [0.25, 0.3) is 5.91 Å². The number of imide groups is 1. The van der Waals surface area contributed by atoms with Crippen molar-refractivity contribution in [2.24, 2.45) is 7.05 Å². The van der Waals surface area contributed by atoms with Gasteiger partial charge in [0, 0.05) is 32.4 Å². The highest BCUT2D eigenvalue weighted by molar-refractivity contribution is 6.06. The van der Waals surface area contributed by atoms with Crippen molar-refractivity contribution in [2.75, 3.05) is 13.6 Å². The van der Waals surface area contributed by atoms with E-state index >= 15 is 0 Å². The molecule has 2 heterocycles. The lowest BCUT2D eigenvalue weighted by Gasteiger charge is -2.32. The Morgan fingerprint density at radius 2 is 2.12 bits per heavy atom. The summed E-state index contributed by atoms with van der Waals surface area (Å²) in [5.74, 6) is -0.802. The minimum atomic E-state index is -0.656. The minimum Gasteiger partial charge on any atom is -0.330 e. The van der Waals surface area contributed by atoms with Gasteiger partial charge in [-0.25, -0.2) is 0 Å². The summed E-state index contributed by atoms with van der Waals surface area (Å²) >= 11 is 0. The maximum atomic E-state index is 13.2. The van der Waals surface area contributed by atoms with Crippen LogP contribution in [-0.2, 0) is 27.9 Å². The average molecular weight is 332 g/mol. The van der Waals surface area contributed by atoms with E-state index in [1.54, 1.807) is 9.58 Å². The van der Waals surface area contributed by atoms with E-state index in [0.29, 0.717) is 6.54 Å². The van der Waals surface area contributed by atoms with Gasteiger partial charge in [0.1, 0.15) is 6.04 Å². The third-order valence-electron chi connectivity index (χ3n) is 5.00. The van der Waals surface area contributed by atoms with Gasteiger partial charge in [-0.15, -0.1) is 0 Å². The van der Waals surface area contributed by atoms with Crippen molar-refractivity contribution in [3.05, 3.63) is 17.5 Å². The molecule has 2 atom stereocenters. The smallest absolute Gasteiger partial charge is 0.252 e. The zero-order valence-electron chi connectivity index (χ0n) is 14.5. The summed E-state index contributed by atoms with van der Waals surface area (Å²) in [6.45, 7) is 2.46. The van der Waals surface area contributed by atoms with E-state index in [9.17, 15) is 14.4 Å². The number of fused-ring (bicyclic) bond motifs is 1. The highest BCUT2D eigenvalue weighted by atomic mass is 16.2. The number of hydrogen-bond acceptors (Lipinski definition) is 4. The Labute approximate surface area is 141 Å². The molecule has 7 nitrogen and oxygen atoms in total. The first kappa shape index (κ1) is 16.7. The molecule has 1 aliphatic carbocycles. The standard InChI is InChI=1S/C17H24N4O3/c1-4-8-21(14-9-15(22)20(3)17(14)24)16(23)11-6-5-7-13-12(11)10-19(2)18-13/h10-11,14H,4-9H2,1-3H3/t11-,14-/m0/s1. The van der Waals surface area contributed by atoms with Gasteiger partial charge < -0.3 is 4.90 Å². The maximum absolute atomic E-state index is 13.2. The normalized spacial score (nSPS) is 23.5. The lowest BCUT2D eigenvalue weighted by atomic mass is 9.85. The first-order valence-electron chi connectivity index (χ1n) is 8.57. The fourth-order valence-corrected chi connectivity index (χ4v) is 3.76. The van der Waals surface area contributed by atoms with Crippen LogP contribution in [0.1, 0.15) is 49.8 Å². The molecule has 24 heavy (non-hydrogen) atoms. The molecule has 1 saturated heterocycles. The molecule has 1 aliphatic heterocycles. The van der Waals surface area contributed by atoms with Crippen molar-refractivity contribution in [3.63, 3.8) is 0 Å². The zero-order valence-corrected chi connectivity index (χ0v) is 14.5. The predicted molar refractivity (Wildman–Crippen MR) is 87.1 cm³/mol. The van der Waals surface area contributed by atoms with Crippen LogP contribution < -0.4 is 0 Å². The van der Waals surface area contributed by atoms with Crippen molar-refractivity contribution in [1.29, 1.82) is 0 Å². The van der Waals surface area contributed by atoms with Crippen molar-refractivity contribution in [3.8, 4) is 0 Å². The second-order valence-electron chi connectivity index (χ2n) is 6.69. The molecule has 0 radical (unpaired) electrons. The number of hydrogen-bond donors (Lipinski definition) is 0. The van der Waals surface area contributed by atoms with E-state index < -0.39 is 6.04 Å². The molecule has 0 saturated carbocycles. The molecule has 0 bridgehead atoms. The number of amides is 3. The first-order valence-corrected chi connectivity index (χ1v) is 8.57. The summed E-state index contributed by atoms with van der Waals surface area (Å²) in [6, 6.07) is -0.656. The third-order valence-corrected chi connectivity index (χ3v) is 5.00. The number of aryl methyl sites for hydroxylation is 2. The molecule has 3 rings (SSSR count). The Morgan fingerprint density at radius 1 is 1.38 bits per heavy atom. The van der Waals surface area contributed by atoms with E-state index in [4.69, 9.17) is 0 Å². The summed E-state index contributed by atoms with van der Waals surface area (Å²) in [5, 5.41) is 4.44. The molecule has 1 fully saturated rings. The van der Waals surface area contributed by atoms with Crippen LogP contribution >= 0.6 is 0 Å². The van der Waals surface area contributed by atoms with E-state index in [1.807, 2.05) is 20.2 Å². The SMILES string of the molecule is CCCN(C(=O)[C@H]1CCCc2nn(C)cc21)[C@H]1CC(=O)N(C)C1=O. The maximum Gasteiger partial charge on any atom is 0.252 e. The summed E-state index contributed by atoms with van der Waals surface area (Å²) in [4.78, 5) is 40.2. The van der Waals surface area contributed by atoms with Crippen LogP contribution in [0.15, 0.2) is 6.20 Å². The first-order chi connectivity index (χ1) is 11.4. The second-order valence-corrected chi connectivity index (χ2v) is 6.69. The molecule has 2 aliphatic rings. The Morgan fingerprint density at radius 3 is 2.75 bits per heavy atom. The largest absolute Gasteiger partial charge is 0.330 e. The van der Waals surface area contributed by atoms with Crippen LogP contribution in [0.5, 0.6) is 0 Å². The predicted octanol–water partition coefficient (Wildman–Crippen LogP) is 0.836. The van der Waals surface area contributed by atoms with Crippen LogP contribution in [0.25, 0.3) is 0 Å². The summed E-state index contributed by atoms with van der Waals surface area (Å²) in [6.07, 6.45) is 5.32. The minimum absolute atomic E-state index is 0.0488. The molecule has 0 unspecified atom stereocenters. The number of carbonyl (C=O) groups excluding carboxylic acids is 3. The fraction of sp³-hybridized carbons (Fsp3) is 0.647. The summed E-state index contributed by atoms with van der Waals surface area (Å²) in [7, 11) is 3.34. The lowest BCUT2D eigenvalue weighted by molar-refractivity contribution is -0.144. The van der Waals surface area contributed by atoms with Gasteiger partial charge in [0.05, 0.1) is 18.0 Å². The number of rotatable bonds is 4. The van der Waals surface area contributed by atoms with Crippen LogP contribution in [0.4, 0.5) is 0 Å². The lowest BCUT2D eigenvalue weighted by Crippen LogP contribution is -2.47. The molecule has 3 amide bonds. The zero-order chi connectivity index (χ0) is 17.4. The Hall–Kier alpha value is -2.18. The molecule has 0 aromatic carbocycles. The third kappa shape index (κ3) is 2.72. The van der Waals surface area contributed by atoms with Gasteiger partial charge in [0.2, 0.25) is 11.8 Å². The van der Waals surface area contributed by atoms with Gasteiger partial charge >= 0.3 is 0 Å². The van der Waals surface area contributed by atoms with Gasteiger partial charge in [0.15, 0.2) is 0 Å². The fourth-order valence-electron chi connectivity index (χ4n) is 3.76. The molecule has 7 heteroatoms. The average Bonchev–Trinajstić information content (AvgIpc) is 3.06. The number of likely N-dealkylation sites (tertiary alicyclic amines) is 1. The summed E-state index contributed by atoms with van der Waals surface area (Å²) in [5.41, 5.74) is 1.95. The van der Waals surface area contributed by atoms with Crippen LogP contribution in [-0.4, -0.2) is 56.9 Å². The van der Waals surface area contributed by atoms with Crippen LogP contribution in [0.2, 0.25) is 0 Å². The number of likely N-dealkylation sites (N-methyl/N-ethyl adjacent to an activating group) is 1. The second kappa shape index (κ2) is 6.37. The van der Waals surface area contributed by atoms with Crippen molar-refractivity contribution in [2.45, 2.75) is 51.0 Å². The van der Waals surface area contributed by atoms with Crippen molar-refractivity contribution >= 4 is 17.7 Å². The quantitative estimate of drug-likeness (QED) is 0.766. The van der Waals surface area contributed by atoms with E-state index in [1.165, 1.54) is 7.05 Å².